The summed E-state index contributed by atoms with van der Waals surface area (Å²) >= 11 is 0. The molecule has 0 aliphatic rings. The molecule has 4 aromatic rings. The Bertz CT molecular complexity index is 1300. The zero-order valence-corrected chi connectivity index (χ0v) is 17.0. The van der Waals surface area contributed by atoms with Gasteiger partial charge in [0.1, 0.15) is 18.2 Å². The minimum atomic E-state index is -4.46. The third-order valence-corrected chi connectivity index (χ3v) is 4.73. The summed E-state index contributed by atoms with van der Waals surface area (Å²) in [6.45, 7) is 0.0135. The van der Waals surface area contributed by atoms with Gasteiger partial charge in [0.25, 0.3) is 0 Å². The van der Waals surface area contributed by atoms with Crippen LogP contribution in [0.15, 0.2) is 78.2 Å². The summed E-state index contributed by atoms with van der Waals surface area (Å²) in [6, 6.07) is 14.9. The van der Waals surface area contributed by atoms with Crippen molar-refractivity contribution in [2.45, 2.75) is 12.7 Å². The number of pyridine rings is 1. The van der Waals surface area contributed by atoms with E-state index in [0.717, 1.165) is 23.2 Å². The highest BCUT2D eigenvalue weighted by Crippen LogP contribution is 2.28. The number of aromatic nitrogens is 2. The fourth-order valence-electron chi connectivity index (χ4n) is 3.19. The molecule has 0 radical (unpaired) electrons. The Morgan fingerprint density at radius 2 is 1.82 bits per heavy atom. The molecule has 2 N–H and O–H groups in total. The van der Waals surface area contributed by atoms with Gasteiger partial charge in [-0.1, -0.05) is 18.2 Å². The van der Waals surface area contributed by atoms with Crippen molar-refractivity contribution in [3.8, 4) is 0 Å². The van der Waals surface area contributed by atoms with Gasteiger partial charge in [0.05, 0.1) is 11.8 Å². The summed E-state index contributed by atoms with van der Waals surface area (Å²) in [7, 11) is 0. The fourth-order valence-corrected chi connectivity index (χ4v) is 3.19. The average molecular weight is 455 g/mol. The monoisotopic (exact) mass is 455 g/mol. The Labute approximate surface area is 185 Å². The zero-order chi connectivity index (χ0) is 23.4. The molecule has 0 atom stereocenters. The number of benzene rings is 2. The Hall–Kier alpha value is -4.21. The molecule has 1 amide bonds. The van der Waals surface area contributed by atoms with Gasteiger partial charge in [-0.3, -0.25) is 10.2 Å². The molecule has 2 heterocycles. The van der Waals surface area contributed by atoms with Gasteiger partial charge in [-0.15, -0.1) is 0 Å². The molecule has 2 aromatic carbocycles. The first-order valence-corrected chi connectivity index (χ1v) is 9.75. The fraction of sp³-hybridized carbons (Fsp3) is 0.0870. The highest BCUT2D eigenvalue weighted by Gasteiger charge is 2.30. The second-order valence-electron chi connectivity index (χ2n) is 7.08. The molecule has 0 unspecified atom stereocenters. The Kier molecular flexibility index (Phi) is 6.07. The maximum absolute atomic E-state index is 13.0. The van der Waals surface area contributed by atoms with Crippen LogP contribution in [-0.2, 0) is 17.5 Å². The topological polar surface area (TPSA) is 71.3 Å². The van der Waals surface area contributed by atoms with Crippen molar-refractivity contribution in [2.75, 3.05) is 10.7 Å². The third kappa shape index (κ3) is 5.35. The minimum Gasteiger partial charge on any atom is -0.337 e. The molecule has 0 aliphatic carbocycles. The first-order chi connectivity index (χ1) is 15.8. The number of nitrogens with one attached hydrogen (secondary N) is 2. The van der Waals surface area contributed by atoms with Crippen molar-refractivity contribution in [3.63, 3.8) is 0 Å². The second kappa shape index (κ2) is 9.11. The van der Waals surface area contributed by atoms with Crippen LogP contribution in [0, 0.1) is 5.82 Å². The van der Waals surface area contributed by atoms with Crippen LogP contribution in [-0.4, -0.2) is 21.7 Å². The number of halogens is 4. The van der Waals surface area contributed by atoms with Crippen molar-refractivity contribution in [3.05, 3.63) is 90.0 Å². The van der Waals surface area contributed by atoms with Crippen LogP contribution >= 0.6 is 0 Å². The molecule has 0 saturated carbocycles. The van der Waals surface area contributed by atoms with E-state index in [2.05, 4.69) is 20.8 Å². The molecule has 4 rings (SSSR count). The van der Waals surface area contributed by atoms with Crippen LogP contribution in [0.3, 0.4) is 0 Å². The van der Waals surface area contributed by atoms with Gasteiger partial charge < -0.3 is 9.88 Å². The predicted molar refractivity (Wildman–Crippen MR) is 117 cm³/mol. The van der Waals surface area contributed by atoms with Crippen molar-refractivity contribution in [1.29, 1.82) is 0 Å². The number of rotatable bonds is 6. The molecule has 33 heavy (non-hydrogen) atoms. The van der Waals surface area contributed by atoms with Crippen LogP contribution in [0.2, 0.25) is 0 Å². The number of carbonyl (C=O) groups excluding carboxylic acids is 1. The Morgan fingerprint density at radius 1 is 1.06 bits per heavy atom. The Morgan fingerprint density at radius 3 is 2.52 bits per heavy atom. The van der Waals surface area contributed by atoms with Crippen LogP contribution in [0.1, 0.15) is 11.1 Å². The highest BCUT2D eigenvalue weighted by atomic mass is 19.4. The molecule has 0 spiro atoms. The minimum absolute atomic E-state index is 0.0135. The number of para-hydroxylation sites is 1. The number of carbonyl (C=O) groups is 1. The molecule has 0 fully saturated rings. The van der Waals surface area contributed by atoms with E-state index in [1.807, 2.05) is 24.3 Å². The quantitative estimate of drug-likeness (QED) is 0.236. The van der Waals surface area contributed by atoms with E-state index >= 15 is 0 Å². The lowest BCUT2D eigenvalue weighted by atomic mass is 10.2. The first-order valence-electron chi connectivity index (χ1n) is 9.75. The number of anilines is 2. The largest absolute Gasteiger partial charge is 0.417 e. The van der Waals surface area contributed by atoms with Crippen molar-refractivity contribution in [2.24, 2.45) is 5.10 Å². The molecule has 168 valence electrons. The lowest BCUT2D eigenvalue weighted by Gasteiger charge is -2.07. The van der Waals surface area contributed by atoms with E-state index in [-0.39, 0.29) is 18.3 Å². The third-order valence-electron chi connectivity index (χ3n) is 4.73. The van der Waals surface area contributed by atoms with E-state index in [4.69, 9.17) is 0 Å². The van der Waals surface area contributed by atoms with Crippen molar-refractivity contribution in [1.82, 2.24) is 9.55 Å². The van der Waals surface area contributed by atoms with Crippen molar-refractivity contribution >= 4 is 34.5 Å². The summed E-state index contributed by atoms with van der Waals surface area (Å²) in [5.41, 5.74) is 3.71. The molecule has 6 nitrogen and oxygen atoms in total. The van der Waals surface area contributed by atoms with Gasteiger partial charge in [-0.25, -0.2) is 9.37 Å². The van der Waals surface area contributed by atoms with E-state index in [1.165, 1.54) is 36.5 Å². The molecule has 2 aromatic heterocycles. The molecule has 0 bridgehead atoms. The van der Waals surface area contributed by atoms with Gasteiger partial charge in [-0.2, -0.15) is 18.3 Å². The summed E-state index contributed by atoms with van der Waals surface area (Å²) < 4.78 is 52.7. The molecular formula is C23H17F4N5O. The maximum atomic E-state index is 13.0. The number of nitrogens with zero attached hydrogens (tertiary/aromatic N) is 3. The van der Waals surface area contributed by atoms with Gasteiger partial charge in [0.2, 0.25) is 5.91 Å². The average Bonchev–Trinajstić information content (AvgIpc) is 3.12. The summed E-state index contributed by atoms with van der Waals surface area (Å²) in [6.07, 6.45) is -0.501. The standard InChI is InChI=1S/C23H17F4N5O/c24-17-6-8-18(9-7-17)30-22(33)14-32-13-15(19-3-1-2-4-20(19)32)11-29-31-21-10-5-16(12-28-21)23(25,26)27/h1-13H,14H2,(H,28,31)(H,30,33)/b29-11-. The number of fused-ring (bicyclic) bond motifs is 1. The smallest absolute Gasteiger partial charge is 0.337 e. The number of hydrogen-bond acceptors (Lipinski definition) is 4. The normalized spacial score (nSPS) is 11.8. The lowest BCUT2D eigenvalue weighted by molar-refractivity contribution is -0.137. The van der Waals surface area contributed by atoms with Crippen LogP contribution in [0.5, 0.6) is 0 Å². The number of amides is 1. The lowest BCUT2D eigenvalue weighted by Crippen LogP contribution is -2.18. The zero-order valence-electron chi connectivity index (χ0n) is 17.0. The predicted octanol–water partition coefficient (Wildman–Crippen LogP) is 5.28. The number of alkyl halides is 3. The van der Waals surface area contributed by atoms with Crippen molar-refractivity contribution < 1.29 is 22.4 Å². The van der Waals surface area contributed by atoms with E-state index in [1.54, 1.807) is 10.8 Å². The summed E-state index contributed by atoms with van der Waals surface area (Å²) in [5.74, 6) is -0.534. The number of hydrogen-bond donors (Lipinski definition) is 2. The van der Waals surface area contributed by atoms with Crippen LogP contribution in [0.4, 0.5) is 29.1 Å². The van der Waals surface area contributed by atoms with Crippen LogP contribution < -0.4 is 10.7 Å². The second-order valence-corrected chi connectivity index (χ2v) is 7.08. The summed E-state index contributed by atoms with van der Waals surface area (Å²) in [4.78, 5) is 16.2. The van der Waals surface area contributed by atoms with Crippen LogP contribution in [0.25, 0.3) is 10.9 Å². The molecule has 0 aliphatic heterocycles. The number of hydrazone groups is 1. The maximum Gasteiger partial charge on any atom is 0.417 e. The van der Waals surface area contributed by atoms with Gasteiger partial charge >= 0.3 is 6.18 Å². The van der Waals surface area contributed by atoms with E-state index < -0.39 is 17.6 Å². The van der Waals surface area contributed by atoms with Gasteiger partial charge in [0, 0.05) is 34.5 Å². The molecule has 10 heteroatoms. The van der Waals surface area contributed by atoms with E-state index in [9.17, 15) is 22.4 Å². The van der Waals surface area contributed by atoms with E-state index in [0.29, 0.717) is 11.3 Å². The highest BCUT2D eigenvalue weighted by molar-refractivity contribution is 6.00. The SMILES string of the molecule is O=C(Cn1cc(/C=N\Nc2ccc(C(F)(F)F)cn2)c2ccccc21)Nc1ccc(F)cc1. The van der Waals surface area contributed by atoms with Gasteiger partial charge in [0.15, 0.2) is 0 Å². The Balaban J connectivity index is 1.48. The summed E-state index contributed by atoms with van der Waals surface area (Å²) in [5, 5.41) is 7.60. The first kappa shape index (κ1) is 22.0. The molecule has 0 saturated heterocycles. The molecular weight excluding hydrogens is 438 g/mol. The van der Waals surface area contributed by atoms with Gasteiger partial charge in [-0.05, 0) is 42.5 Å².